The lowest BCUT2D eigenvalue weighted by Crippen LogP contribution is -1.97. The summed E-state index contributed by atoms with van der Waals surface area (Å²) in [4.78, 5) is 0. The molecule has 1 rings (SSSR count). The molecule has 0 radical (unpaired) electrons. The van der Waals surface area contributed by atoms with E-state index >= 15 is 0 Å². The van der Waals surface area contributed by atoms with Crippen LogP contribution in [-0.4, -0.2) is 12.2 Å². The molecule has 0 spiro atoms. The van der Waals surface area contributed by atoms with Crippen molar-refractivity contribution in [1.82, 2.24) is 0 Å². The second-order valence-electron chi connectivity index (χ2n) is 2.85. The summed E-state index contributed by atoms with van der Waals surface area (Å²) >= 11 is 0. The summed E-state index contributed by atoms with van der Waals surface area (Å²) in [7, 11) is 1.63. The van der Waals surface area contributed by atoms with Crippen molar-refractivity contribution in [2.75, 3.05) is 7.11 Å². The fourth-order valence-electron chi connectivity index (χ4n) is 1.31. The Kier molecular flexibility index (Phi) is 2.71. The first-order valence-electron chi connectivity index (χ1n) is 3.98. The van der Waals surface area contributed by atoms with Crippen LogP contribution in [0.2, 0.25) is 0 Å². The van der Waals surface area contributed by atoms with Gasteiger partial charge in [0, 0.05) is 0 Å². The lowest BCUT2D eigenvalue weighted by Gasteiger charge is -2.11. The number of rotatable bonds is 2. The fraction of sp³-hybridized carbons (Fsp3) is 0.400. The van der Waals surface area contributed by atoms with Crippen molar-refractivity contribution in [2.45, 2.75) is 20.0 Å². The molecule has 0 aromatic heterocycles. The molecule has 0 fully saturated rings. The van der Waals surface area contributed by atoms with Crippen LogP contribution in [0, 0.1) is 6.92 Å². The van der Waals surface area contributed by atoms with Gasteiger partial charge >= 0.3 is 0 Å². The number of hydrogen-bond donors (Lipinski definition) is 1. The number of ether oxygens (including phenoxy) is 1. The van der Waals surface area contributed by atoms with E-state index in [1.54, 1.807) is 14.0 Å². The molecular formula is C10H14O2. The highest BCUT2D eigenvalue weighted by atomic mass is 16.5. The largest absolute Gasteiger partial charge is 0.496 e. The Morgan fingerprint density at radius 2 is 2.08 bits per heavy atom. The van der Waals surface area contributed by atoms with Gasteiger partial charge in [0.2, 0.25) is 0 Å². The van der Waals surface area contributed by atoms with Gasteiger partial charge in [0.05, 0.1) is 13.2 Å². The highest BCUT2D eigenvalue weighted by Crippen LogP contribution is 2.25. The van der Waals surface area contributed by atoms with Crippen molar-refractivity contribution in [2.24, 2.45) is 0 Å². The summed E-state index contributed by atoms with van der Waals surface area (Å²) in [6.45, 7) is 3.70. The smallest absolute Gasteiger partial charge is 0.122 e. The van der Waals surface area contributed by atoms with Gasteiger partial charge in [-0.15, -0.1) is 0 Å². The SMILES string of the molecule is COc1cccc(C(C)O)c1C. The molecule has 0 saturated heterocycles. The molecule has 1 atom stereocenters. The van der Waals surface area contributed by atoms with Crippen LogP contribution in [0.25, 0.3) is 0 Å². The Labute approximate surface area is 72.8 Å². The third-order valence-corrected chi connectivity index (χ3v) is 2.00. The average molecular weight is 166 g/mol. The van der Waals surface area contributed by atoms with Crippen LogP contribution < -0.4 is 4.74 Å². The predicted octanol–water partition coefficient (Wildman–Crippen LogP) is 2.06. The molecule has 12 heavy (non-hydrogen) atoms. The van der Waals surface area contributed by atoms with Crippen molar-refractivity contribution < 1.29 is 9.84 Å². The lowest BCUT2D eigenvalue weighted by molar-refractivity contribution is 0.198. The number of aliphatic hydroxyl groups is 1. The second kappa shape index (κ2) is 3.59. The van der Waals surface area contributed by atoms with Gasteiger partial charge in [0.1, 0.15) is 5.75 Å². The predicted molar refractivity (Wildman–Crippen MR) is 48.4 cm³/mol. The molecule has 1 aromatic carbocycles. The summed E-state index contributed by atoms with van der Waals surface area (Å²) in [5.41, 5.74) is 1.93. The molecule has 1 N–H and O–H groups in total. The normalized spacial score (nSPS) is 12.7. The minimum Gasteiger partial charge on any atom is -0.496 e. The molecule has 66 valence electrons. The van der Waals surface area contributed by atoms with Gasteiger partial charge in [-0.05, 0) is 31.0 Å². The van der Waals surface area contributed by atoms with Crippen molar-refractivity contribution in [3.05, 3.63) is 29.3 Å². The van der Waals surface area contributed by atoms with Crippen LogP contribution in [0.3, 0.4) is 0 Å². The van der Waals surface area contributed by atoms with Gasteiger partial charge in [-0.25, -0.2) is 0 Å². The van der Waals surface area contributed by atoms with Crippen LogP contribution in [0.5, 0.6) is 5.75 Å². The zero-order valence-electron chi connectivity index (χ0n) is 7.66. The maximum atomic E-state index is 9.37. The Bertz CT molecular complexity index is 267. The van der Waals surface area contributed by atoms with Crippen molar-refractivity contribution >= 4 is 0 Å². The van der Waals surface area contributed by atoms with E-state index in [9.17, 15) is 5.11 Å². The molecule has 0 heterocycles. The highest BCUT2D eigenvalue weighted by Gasteiger charge is 2.07. The topological polar surface area (TPSA) is 29.5 Å². The summed E-state index contributed by atoms with van der Waals surface area (Å²) in [5.74, 6) is 0.827. The van der Waals surface area contributed by atoms with E-state index in [-0.39, 0.29) is 0 Å². The first-order chi connectivity index (χ1) is 5.66. The van der Waals surface area contributed by atoms with Crippen molar-refractivity contribution in [3.8, 4) is 5.75 Å². The maximum Gasteiger partial charge on any atom is 0.122 e. The molecule has 2 heteroatoms. The van der Waals surface area contributed by atoms with Gasteiger partial charge in [-0.1, -0.05) is 12.1 Å². The summed E-state index contributed by atoms with van der Waals surface area (Å²) in [6.07, 6.45) is -0.430. The molecule has 0 amide bonds. The van der Waals surface area contributed by atoms with E-state index in [0.717, 1.165) is 16.9 Å². The van der Waals surface area contributed by atoms with Crippen molar-refractivity contribution in [1.29, 1.82) is 0 Å². The second-order valence-corrected chi connectivity index (χ2v) is 2.85. The highest BCUT2D eigenvalue weighted by molar-refractivity contribution is 5.39. The van der Waals surface area contributed by atoms with Gasteiger partial charge in [0.15, 0.2) is 0 Å². The Morgan fingerprint density at radius 1 is 1.42 bits per heavy atom. The van der Waals surface area contributed by atoms with Crippen LogP contribution >= 0.6 is 0 Å². The zero-order chi connectivity index (χ0) is 9.14. The Balaban J connectivity index is 3.14. The Hall–Kier alpha value is -1.02. The number of hydrogen-bond acceptors (Lipinski definition) is 2. The minimum atomic E-state index is -0.430. The third-order valence-electron chi connectivity index (χ3n) is 2.00. The molecular weight excluding hydrogens is 152 g/mol. The molecule has 2 nitrogen and oxygen atoms in total. The van der Waals surface area contributed by atoms with Gasteiger partial charge in [-0.3, -0.25) is 0 Å². The first-order valence-corrected chi connectivity index (χ1v) is 3.98. The summed E-state index contributed by atoms with van der Waals surface area (Å²) in [6, 6.07) is 5.68. The van der Waals surface area contributed by atoms with E-state index in [2.05, 4.69) is 0 Å². The van der Waals surface area contributed by atoms with E-state index in [1.165, 1.54) is 0 Å². The monoisotopic (exact) mass is 166 g/mol. The summed E-state index contributed by atoms with van der Waals surface area (Å²) < 4.78 is 5.12. The van der Waals surface area contributed by atoms with Gasteiger partial charge < -0.3 is 9.84 Å². The number of methoxy groups -OCH3 is 1. The third kappa shape index (κ3) is 1.59. The molecule has 0 aliphatic heterocycles. The molecule has 1 aromatic rings. The van der Waals surface area contributed by atoms with Gasteiger partial charge in [-0.2, -0.15) is 0 Å². The van der Waals surface area contributed by atoms with Gasteiger partial charge in [0.25, 0.3) is 0 Å². The molecule has 0 saturated carbocycles. The van der Waals surface area contributed by atoms with E-state index in [1.807, 2.05) is 25.1 Å². The molecule has 0 aliphatic rings. The number of aliphatic hydroxyl groups excluding tert-OH is 1. The maximum absolute atomic E-state index is 9.37. The first kappa shape index (κ1) is 9.07. The van der Waals surface area contributed by atoms with E-state index in [4.69, 9.17) is 4.74 Å². The molecule has 0 aliphatic carbocycles. The van der Waals surface area contributed by atoms with Crippen LogP contribution in [0.1, 0.15) is 24.2 Å². The quantitative estimate of drug-likeness (QED) is 0.728. The molecule has 1 unspecified atom stereocenters. The average Bonchev–Trinajstić information content (AvgIpc) is 2.04. The van der Waals surface area contributed by atoms with Crippen LogP contribution in [0.15, 0.2) is 18.2 Å². The molecule has 0 bridgehead atoms. The van der Waals surface area contributed by atoms with E-state index < -0.39 is 6.10 Å². The summed E-state index contributed by atoms with van der Waals surface area (Å²) in [5, 5.41) is 9.37. The van der Waals surface area contributed by atoms with Crippen LogP contribution in [0.4, 0.5) is 0 Å². The van der Waals surface area contributed by atoms with Crippen molar-refractivity contribution in [3.63, 3.8) is 0 Å². The van der Waals surface area contributed by atoms with Crippen LogP contribution in [-0.2, 0) is 0 Å². The van der Waals surface area contributed by atoms with E-state index in [0.29, 0.717) is 0 Å². The fourth-order valence-corrected chi connectivity index (χ4v) is 1.31. The Morgan fingerprint density at radius 3 is 2.58 bits per heavy atom. The minimum absolute atomic E-state index is 0.430. The standard InChI is InChI=1S/C10H14O2/c1-7-9(8(2)11)5-4-6-10(7)12-3/h4-6,8,11H,1-3H3. The zero-order valence-corrected chi connectivity index (χ0v) is 7.66. The number of benzene rings is 1. The lowest BCUT2D eigenvalue weighted by atomic mass is 10.0.